The van der Waals surface area contributed by atoms with Gasteiger partial charge in [-0.3, -0.25) is 4.79 Å². The van der Waals surface area contributed by atoms with Crippen molar-refractivity contribution in [3.05, 3.63) is 34.7 Å². The Bertz CT molecular complexity index is 911. The van der Waals surface area contributed by atoms with Crippen molar-refractivity contribution in [3.8, 4) is 0 Å². The van der Waals surface area contributed by atoms with E-state index < -0.39 is 15.3 Å². The third kappa shape index (κ3) is 3.83. The Hall–Kier alpha value is -1.66. The van der Waals surface area contributed by atoms with Crippen LogP contribution in [0, 0.1) is 5.92 Å². The van der Waals surface area contributed by atoms with Gasteiger partial charge in [0.1, 0.15) is 0 Å². The van der Waals surface area contributed by atoms with Gasteiger partial charge in [0, 0.05) is 32.1 Å². The van der Waals surface area contributed by atoms with Crippen molar-refractivity contribution < 1.29 is 13.2 Å². The second kappa shape index (κ2) is 7.76. The lowest BCUT2D eigenvalue weighted by Gasteiger charge is -2.37. The molecule has 1 amide bonds. The summed E-state index contributed by atoms with van der Waals surface area (Å²) in [5, 5.41) is 1.59. The molecule has 6 heteroatoms. The SMILES string of the molecule is O=C(C1CCCCC1)N1CCN(S(=O)(=O)C2C=c3ccccc3=CC2)CC1. The number of fused-ring (bicyclic) bond motifs is 1. The molecule has 2 fully saturated rings. The van der Waals surface area contributed by atoms with Crippen molar-refractivity contribution in [2.24, 2.45) is 5.92 Å². The van der Waals surface area contributed by atoms with Gasteiger partial charge >= 0.3 is 0 Å². The third-order valence-corrected chi connectivity index (χ3v) is 8.36. The number of hydrogen-bond acceptors (Lipinski definition) is 3. The Balaban J connectivity index is 1.41. The Morgan fingerprint density at radius 2 is 1.59 bits per heavy atom. The number of carbonyl (C=O) groups excluding carboxylic acids is 1. The fourth-order valence-electron chi connectivity index (χ4n) is 4.53. The fraction of sp³-hybridized carbons (Fsp3) is 0.571. The van der Waals surface area contributed by atoms with Crippen LogP contribution in [0.3, 0.4) is 0 Å². The van der Waals surface area contributed by atoms with E-state index >= 15 is 0 Å². The molecule has 0 N–H and O–H groups in total. The van der Waals surface area contributed by atoms with Crippen molar-refractivity contribution >= 4 is 28.1 Å². The van der Waals surface area contributed by atoms with E-state index in [0.29, 0.717) is 32.6 Å². The van der Waals surface area contributed by atoms with Gasteiger partial charge in [-0.25, -0.2) is 8.42 Å². The van der Waals surface area contributed by atoms with Gasteiger partial charge in [0.25, 0.3) is 0 Å². The van der Waals surface area contributed by atoms with Gasteiger partial charge in [-0.05, 0) is 29.7 Å². The summed E-state index contributed by atoms with van der Waals surface area (Å²) < 4.78 is 27.8. The highest BCUT2D eigenvalue weighted by atomic mass is 32.2. The van der Waals surface area contributed by atoms with Crippen molar-refractivity contribution in [2.45, 2.75) is 43.8 Å². The molecule has 0 aromatic heterocycles. The van der Waals surface area contributed by atoms with E-state index in [1.807, 2.05) is 41.3 Å². The van der Waals surface area contributed by atoms with Gasteiger partial charge in [-0.15, -0.1) is 0 Å². The van der Waals surface area contributed by atoms with Crippen LogP contribution in [0.15, 0.2) is 24.3 Å². The molecule has 1 saturated heterocycles. The third-order valence-electron chi connectivity index (χ3n) is 6.18. The first-order valence-electron chi connectivity index (χ1n) is 10.1. The van der Waals surface area contributed by atoms with Crippen molar-refractivity contribution in [1.82, 2.24) is 9.21 Å². The summed E-state index contributed by atoms with van der Waals surface area (Å²) in [4.78, 5) is 14.6. The number of piperazine rings is 1. The number of hydrogen-bond donors (Lipinski definition) is 0. The van der Waals surface area contributed by atoms with E-state index in [-0.39, 0.29) is 11.8 Å². The molecule has 0 spiro atoms. The summed E-state index contributed by atoms with van der Waals surface area (Å²) in [6.07, 6.45) is 9.90. The average molecular weight is 389 g/mol. The van der Waals surface area contributed by atoms with Gasteiger partial charge in [-0.2, -0.15) is 4.31 Å². The van der Waals surface area contributed by atoms with Crippen LogP contribution in [-0.4, -0.2) is 55.0 Å². The van der Waals surface area contributed by atoms with E-state index in [0.717, 1.165) is 36.1 Å². The number of carbonyl (C=O) groups is 1. The fourth-order valence-corrected chi connectivity index (χ4v) is 6.24. The lowest BCUT2D eigenvalue weighted by atomic mass is 9.88. The van der Waals surface area contributed by atoms with Crippen LogP contribution in [0.5, 0.6) is 0 Å². The predicted octanol–water partition coefficient (Wildman–Crippen LogP) is 1.07. The minimum Gasteiger partial charge on any atom is -0.340 e. The summed E-state index contributed by atoms with van der Waals surface area (Å²) in [6, 6.07) is 7.90. The number of rotatable bonds is 3. The highest BCUT2D eigenvalue weighted by Crippen LogP contribution is 2.26. The highest BCUT2D eigenvalue weighted by Gasteiger charge is 2.35. The second-order valence-electron chi connectivity index (χ2n) is 7.88. The molecule has 0 radical (unpaired) electrons. The molecule has 4 rings (SSSR count). The monoisotopic (exact) mass is 388 g/mol. The van der Waals surface area contributed by atoms with E-state index in [1.165, 1.54) is 6.42 Å². The molecule has 1 aromatic carbocycles. The summed E-state index contributed by atoms with van der Waals surface area (Å²) >= 11 is 0. The summed E-state index contributed by atoms with van der Waals surface area (Å²) in [5.74, 6) is 0.387. The zero-order valence-electron chi connectivity index (χ0n) is 15.7. The molecule has 146 valence electrons. The number of amides is 1. The van der Waals surface area contributed by atoms with Crippen molar-refractivity contribution in [2.75, 3.05) is 26.2 Å². The summed E-state index contributed by atoms with van der Waals surface area (Å²) in [5.41, 5.74) is 0. The van der Waals surface area contributed by atoms with E-state index in [1.54, 1.807) is 4.31 Å². The predicted molar refractivity (Wildman–Crippen MR) is 107 cm³/mol. The van der Waals surface area contributed by atoms with Crippen LogP contribution < -0.4 is 10.4 Å². The molecular weight excluding hydrogens is 360 g/mol. The summed E-state index contributed by atoms with van der Waals surface area (Å²) in [7, 11) is -3.39. The maximum Gasteiger partial charge on any atom is 0.225 e. The molecular formula is C21H28N2O3S. The maximum atomic E-state index is 13.1. The molecule has 1 saturated carbocycles. The van der Waals surface area contributed by atoms with Gasteiger partial charge in [-0.1, -0.05) is 55.7 Å². The largest absolute Gasteiger partial charge is 0.340 e. The quantitative estimate of drug-likeness (QED) is 0.778. The summed E-state index contributed by atoms with van der Waals surface area (Å²) in [6.45, 7) is 1.85. The molecule has 1 aromatic rings. The number of sulfonamides is 1. The number of nitrogens with zero attached hydrogens (tertiary/aromatic N) is 2. The van der Waals surface area contributed by atoms with E-state index in [4.69, 9.17) is 0 Å². The Morgan fingerprint density at radius 3 is 2.30 bits per heavy atom. The Morgan fingerprint density at radius 1 is 0.926 bits per heavy atom. The van der Waals surface area contributed by atoms with Crippen LogP contribution in [0.4, 0.5) is 0 Å². The van der Waals surface area contributed by atoms with E-state index in [2.05, 4.69) is 0 Å². The smallest absolute Gasteiger partial charge is 0.225 e. The molecule has 1 heterocycles. The first-order chi connectivity index (χ1) is 13.1. The zero-order valence-corrected chi connectivity index (χ0v) is 16.5. The molecule has 27 heavy (non-hydrogen) atoms. The molecule has 1 unspecified atom stereocenters. The minimum atomic E-state index is -3.39. The van der Waals surface area contributed by atoms with Crippen LogP contribution >= 0.6 is 0 Å². The molecule has 1 aliphatic heterocycles. The minimum absolute atomic E-state index is 0.152. The first kappa shape index (κ1) is 18.7. The van der Waals surface area contributed by atoms with Gasteiger partial charge in [0.15, 0.2) is 0 Å². The highest BCUT2D eigenvalue weighted by molar-refractivity contribution is 7.90. The maximum absolute atomic E-state index is 13.1. The molecule has 3 aliphatic rings. The van der Waals surface area contributed by atoms with Crippen molar-refractivity contribution in [1.29, 1.82) is 0 Å². The normalized spacial score (nSPS) is 24.6. The topological polar surface area (TPSA) is 57.7 Å². The Kier molecular flexibility index (Phi) is 5.37. The van der Waals surface area contributed by atoms with Crippen LogP contribution in [0.1, 0.15) is 38.5 Å². The molecule has 1 atom stereocenters. The molecule has 5 nitrogen and oxygen atoms in total. The van der Waals surface area contributed by atoms with Gasteiger partial charge in [0.05, 0.1) is 5.25 Å². The zero-order chi connectivity index (χ0) is 18.9. The average Bonchev–Trinajstić information content (AvgIpc) is 2.73. The van der Waals surface area contributed by atoms with Crippen LogP contribution in [0.25, 0.3) is 12.2 Å². The molecule has 0 bridgehead atoms. The second-order valence-corrected chi connectivity index (χ2v) is 10.0. The van der Waals surface area contributed by atoms with Crippen LogP contribution in [-0.2, 0) is 14.8 Å². The van der Waals surface area contributed by atoms with Crippen LogP contribution in [0.2, 0.25) is 0 Å². The lowest BCUT2D eigenvalue weighted by molar-refractivity contribution is -0.137. The standard InChI is InChI=1S/C21H28N2O3S/c24-21(18-7-2-1-3-8-18)22-12-14-23(15-13-22)27(25,26)20-11-10-17-6-4-5-9-19(17)16-20/h4-6,9-10,16,18,20H,1-3,7-8,11-15H2. The van der Waals surface area contributed by atoms with Gasteiger partial charge in [0.2, 0.25) is 15.9 Å². The molecule has 2 aliphatic carbocycles. The lowest BCUT2D eigenvalue weighted by Crippen LogP contribution is -2.54. The first-order valence-corrected chi connectivity index (χ1v) is 11.6. The number of benzene rings is 1. The van der Waals surface area contributed by atoms with Gasteiger partial charge < -0.3 is 4.90 Å². The van der Waals surface area contributed by atoms with Crippen molar-refractivity contribution in [3.63, 3.8) is 0 Å². The van der Waals surface area contributed by atoms with E-state index in [9.17, 15) is 13.2 Å². The Labute approximate surface area is 161 Å².